The van der Waals surface area contributed by atoms with Crippen molar-refractivity contribution < 1.29 is 80.2 Å². The highest BCUT2D eigenvalue weighted by atomic mass is 31.2. The van der Waals surface area contributed by atoms with E-state index in [4.69, 9.17) is 37.0 Å². The van der Waals surface area contributed by atoms with Crippen molar-refractivity contribution in [3.05, 3.63) is 0 Å². The lowest BCUT2D eigenvalue weighted by molar-refractivity contribution is -0.161. The molecule has 3 unspecified atom stereocenters. The van der Waals surface area contributed by atoms with Crippen LogP contribution >= 0.6 is 15.6 Å². The Morgan fingerprint density at radius 3 is 0.874 bits per heavy atom. The lowest BCUT2D eigenvalue weighted by atomic mass is 9.99. The fourth-order valence-electron chi connectivity index (χ4n) is 10.2. The van der Waals surface area contributed by atoms with Crippen LogP contribution in [0.15, 0.2) is 0 Å². The fraction of sp³-hybridized carbons (Fsp3) is 0.941. The fourth-order valence-corrected chi connectivity index (χ4v) is 11.7. The molecule has 0 aromatic rings. The maximum atomic E-state index is 13.0. The van der Waals surface area contributed by atoms with Gasteiger partial charge in [0.05, 0.1) is 26.4 Å². The summed E-state index contributed by atoms with van der Waals surface area (Å²) >= 11 is 0. The highest BCUT2D eigenvalue weighted by molar-refractivity contribution is 7.47. The molecule has 0 bridgehead atoms. The first-order chi connectivity index (χ1) is 41.8. The first-order valence-electron chi connectivity index (χ1n) is 35.4. The molecule has 19 heteroatoms. The van der Waals surface area contributed by atoms with Crippen LogP contribution in [0.1, 0.15) is 337 Å². The van der Waals surface area contributed by atoms with Crippen molar-refractivity contribution in [1.29, 1.82) is 0 Å². The average Bonchev–Trinajstić information content (AvgIpc) is 3.70. The van der Waals surface area contributed by atoms with Gasteiger partial charge in [0.1, 0.15) is 19.3 Å². The van der Waals surface area contributed by atoms with Gasteiger partial charge in [0.15, 0.2) is 12.2 Å². The van der Waals surface area contributed by atoms with Crippen LogP contribution in [0.2, 0.25) is 0 Å². The second kappa shape index (κ2) is 59.1. The molecule has 0 saturated carbocycles. The standard InChI is InChI=1S/C68H132O17P2/c1-8-10-11-12-13-20-28-35-42-49-65(70)78-55-64(85-68(73)52-45-38-31-24-26-33-40-47-60(5)6)58-83-87(76,77)81-54-62(69)53-80-86(74,75)82-57-63(56-79-66(71)50-43-36-30-23-25-32-39-46-59(3)4)84-67(72)51-44-37-29-22-19-17-15-14-16-18-21-27-34-41-48-61(7)9-2/h59-64,69H,8-58H2,1-7H3,(H,74,75)(H,76,77)/t61?,62-,63-,64-/m1/s1. The van der Waals surface area contributed by atoms with Crippen molar-refractivity contribution in [3.8, 4) is 0 Å². The number of carbonyl (C=O) groups excluding carboxylic acids is 4. The molecular weight excluding hydrogens is 1150 g/mol. The number of unbranched alkanes of at least 4 members (excludes halogenated alkanes) is 33. The molecule has 87 heavy (non-hydrogen) atoms. The number of phosphoric ester groups is 2. The van der Waals surface area contributed by atoms with Crippen molar-refractivity contribution in [2.75, 3.05) is 39.6 Å². The Labute approximate surface area is 530 Å². The SMILES string of the molecule is CCCCCCCCCCCC(=O)OC[C@H](COP(=O)(O)OC[C@H](O)COP(=O)(O)OC[C@@H](COC(=O)CCCCCCCCCC(C)C)OC(=O)CCCCCCCCCCCCCCCCC(C)CC)OC(=O)CCCCCCCCCC(C)C. The van der Waals surface area contributed by atoms with Crippen LogP contribution in [0.3, 0.4) is 0 Å². The molecule has 0 saturated heterocycles. The molecule has 17 nitrogen and oxygen atoms in total. The first-order valence-corrected chi connectivity index (χ1v) is 38.4. The quantitative estimate of drug-likeness (QED) is 0.0222. The van der Waals surface area contributed by atoms with Gasteiger partial charge < -0.3 is 33.8 Å². The Morgan fingerprint density at radius 2 is 0.586 bits per heavy atom. The zero-order valence-corrected chi connectivity index (χ0v) is 58.3. The van der Waals surface area contributed by atoms with E-state index in [0.29, 0.717) is 37.5 Å². The number of phosphoric acid groups is 2. The molecule has 0 fully saturated rings. The smallest absolute Gasteiger partial charge is 0.462 e. The van der Waals surface area contributed by atoms with E-state index in [1.54, 1.807) is 0 Å². The Balaban J connectivity index is 5.20. The highest BCUT2D eigenvalue weighted by Crippen LogP contribution is 2.45. The van der Waals surface area contributed by atoms with E-state index >= 15 is 0 Å². The molecule has 0 rings (SSSR count). The van der Waals surface area contributed by atoms with Crippen LogP contribution in [-0.4, -0.2) is 96.7 Å². The zero-order valence-electron chi connectivity index (χ0n) is 56.5. The molecule has 0 aromatic heterocycles. The van der Waals surface area contributed by atoms with E-state index in [1.165, 1.54) is 141 Å². The minimum Gasteiger partial charge on any atom is -0.462 e. The van der Waals surface area contributed by atoms with Crippen molar-refractivity contribution in [2.24, 2.45) is 17.8 Å². The normalized spacial score (nSPS) is 14.6. The molecule has 0 aliphatic rings. The van der Waals surface area contributed by atoms with E-state index < -0.39 is 97.5 Å². The van der Waals surface area contributed by atoms with Gasteiger partial charge in [-0.25, -0.2) is 9.13 Å². The molecule has 0 aromatic carbocycles. The summed E-state index contributed by atoms with van der Waals surface area (Å²) in [6.45, 7) is 11.7. The topological polar surface area (TPSA) is 237 Å². The third-order valence-electron chi connectivity index (χ3n) is 16.0. The van der Waals surface area contributed by atoms with Gasteiger partial charge in [-0.15, -0.1) is 0 Å². The first kappa shape index (κ1) is 85.1. The summed E-state index contributed by atoms with van der Waals surface area (Å²) in [5.74, 6) is 0.113. The van der Waals surface area contributed by atoms with Crippen LogP contribution in [-0.2, 0) is 65.4 Å². The largest absolute Gasteiger partial charge is 0.472 e. The number of ether oxygens (including phenoxy) is 4. The maximum Gasteiger partial charge on any atom is 0.472 e. The van der Waals surface area contributed by atoms with Crippen molar-refractivity contribution >= 4 is 39.5 Å². The van der Waals surface area contributed by atoms with E-state index in [0.717, 1.165) is 102 Å². The van der Waals surface area contributed by atoms with Crippen LogP contribution in [0.25, 0.3) is 0 Å². The molecule has 3 N–H and O–H groups in total. The second-order valence-electron chi connectivity index (χ2n) is 25.8. The number of hydrogen-bond donors (Lipinski definition) is 3. The second-order valence-corrected chi connectivity index (χ2v) is 28.7. The Bertz CT molecular complexity index is 1720. The van der Waals surface area contributed by atoms with Gasteiger partial charge in [-0.1, -0.05) is 286 Å². The summed E-state index contributed by atoms with van der Waals surface area (Å²) in [4.78, 5) is 72.3. The molecule has 0 spiro atoms. The van der Waals surface area contributed by atoms with Crippen molar-refractivity contribution in [3.63, 3.8) is 0 Å². The van der Waals surface area contributed by atoms with E-state index in [9.17, 15) is 43.2 Å². The van der Waals surface area contributed by atoms with Gasteiger partial charge >= 0.3 is 39.5 Å². The summed E-state index contributed by atoms with van der Waals surface area (Å²) in [6.07, 6.45) is 41.8. The minimum atomic E-state index is -4.95. The van der Waals surface area contributed by atoms with Crippen LogP contribution in [0, 0.1) is 17.8 Å². The maximum absolute atomic E-state index is 13.0. The molecule has 516 valence electrons. The van der Waals surface area contributed by atoms with Gasteiger partial charge in [0.25, 0.3) is 0 Å². The summed E-state index contributed by atoms with van der Waals surface area (Å²) in [7, 11) is -9.89. The number of aliphatic hydroxyl groups excluding tert-OH is 1. The van der Waals surface area contributed by atoms with Crippen molar-refractivity contribution in [2.45, 2.75) is 356 Å². The van der Waals surface area contributed by atoms with E-state index in [2.05, 4.69) is 48.5 Å². The molecule has 0 aliphatic carbocycles. The predicted octanol–water partition coefficient (Wildman–Crippen LogP) is 19.1. The van der Waals surface area contributed by atoms with Gasteiger partial charge in [-0.3, -0.25) is 37.3 Å². The molecule has 0 amide bonds. The van der Waals surface area contributed by atoms with Crippen LogP contribution in [0.4, 0.5) is 0 Å². The molecule has 0 aliphatic heterocycles. The Hall–Kier alpha value is -1.94. The lowest BCUT2D eigenvalue weighted by Gasteiger charge is -2.21. The van der Waals surface area contributed by atoms with Crippen LogP contribution in [0.5, 0.6) is 0 Å². The highest BCUT2D eigenvalue weighted by Gasteiger charge is 2.30. The number of aliphatic hydroxyl groups is 1. The molecule has 0 heterocycles. The monoisotopic (exact) mass is 1280 g/mol. The van der Waals surface area contributed by atoms with Crippen LogP contribution < -0.4 is 0 Å². The van der Waals surface area contributed by atoms with Crippen molar-refractivity contribution in [1.82, 2.24) is 0 Å². The summed E-state index contributed by atoms with van der Waals surface area (Å²) in [5, 5.41) is 10.6. The molecular formula is C68H132O17P2. The number of rotatable bonds is 66. The number of esters is 4. The Kier molecular flexibility index (Phi) is 57.8. The number of hydrogen-bond acceptors (Lipinski definition) is 15. The van der Waals surface area contributed by atoms with E-state index in [-0.39, 0.29) is 25.7 Å². The average molecular weight is 1280 g/mol. The minimum absolute atomic E-state index is 0.103. The van der Waals surface area contributed by atoms with Gasteiger partial charge in [-0.2, -0.15) is 0 Å². The number of carbonyl (C=O) groups is 4. The third kappa shape index (κ3) is 61.3. The Morgan fingerprint density at radius 1 is 0.333 bits per heavy atom. The lowest BCUT2D eigenvalue weighted by Crippen LogP contribution is -2.30. The van der Waals surface area contributed by atoms with Gasteiger partial charge in [-0.05, 0) is 43.4 Å². The summed E-state index contributed by atoms with van der Waals surface area (Å²) in [5.41, 5.74) is 0. The molecule has 0 radical (unpaired) electrons. The predicted molar refractivity (Wildman–Crippen MR) is 349 cm³/mol. The van der Waals surface area contributed by atoms with Gasteiger partial charge in [0.2, 0.25) is 0 Å². The van der Waals surface area contributed by atoms with E-state index in [1.807, 2.05) is 0 Å². The van der Waals surface area contributed by atoms with Gasteiger partial charge in [0, 0.05) is 25.7 Å². The molecule has 6 atom stereocenters. The summed E-state index contributed by atoms with van der Waals surface area (Å²) < 4.78 is 68.1. The summed E-state index contributed by atoms with van der Waals surface area (Å²) in [6, 6.07) is 0. The zero-order chi connectivity index (χ0) is 64.5. The third-order valence-corrected chi connectivity index (χ3v) is 17.9.